The largest absolute Gasteiger partial charge is 0.457 e. The Hall–Kier alpha value is -3.18. The third-order valence-electron chi connectivity index (χ3n) is 5.72. The van der Waals surface area contributed by atoms with Crippen molar-refractivity contribution in [3.8, 4) is 11.5 Å². The molecule has 150 valence electrons. The van der Waals surface area contributed by atoms with E-state index in [-0.39, 0.29) is 29.9 Å². The lowest BCUT2D eigenvalue weighted by molar-refractivity contribution is -0.122. The molecule has 0 bridgehead atoms. The van der Waals surface area contributed by atoms with E-state index >= 15 is 0 Å². The average molecular weight is 416 g/mol. The molecule has 1 aliphatic carbocycles. The zero-order chi connectivity index (χ0) is 20.5. The first kappa shape index (κ1) is 18.8. The molecule has 5 rings (SSSR count). The van der Waals surface area contributed by atoms with Crippen molar-refractivity contribution in [2.45, 2.75) is 31.1 Å². The predicted octanol–water partition coefficient (Wildman–Crippen LogP) is 5.54. The van der Waals surface area contributed by atoms with Gasteiger partial charge in [0.25, 0.3) is 0 Å². The third kappa shape index (κ3) is 3.68. The second-order valence-electron chi connectivity index (χ2n) is 7.73. The standard InChI is InChI=1S/C25H21NO3S/c27-22-14-17(23-10-5-11-30-23)13-21-25(22)20(15-24(28)26-21)16-6-4-9-19(12-16)29-18-7-2-1-3-8-18/h1-12,17,20H,13-15H2,(H,26,28)/t17-,20+/m0/s1. The van der Waals surface area contributed by atoms with Gasteiger partial charge in [0.1, 0.15) is 11.5 Å². The smallest absolute Gasteiger partial charge is 0.225 e. The number of hydrogen-bond acceptors (Lipinski definition) is 4. The average Bonchev–Trinajstić information content (AvgIpc) is 3.29. The Labute approximate surface area is 179 Å². The van der Waals surface area contributed by atoms with Gasteiger partial charge in [-0.05, 0) is 47.7 Å². The van der Waals surface area contributed by atoms with Crippen molar-refractivity contribution in [1.82, 2.24) is 5.32 Å². The number of thiophene rings is 1. The Morgan fingerprint density at radius 1 is 0.867 bits per heavy atom. The van der Waals surface area contributed by atoms with E-state index in [2.05, 4.69) is 11.4 Å². The van der Waals surface area contributed by atoms with Crippen molar-refractivity contribution in [3.63, 3.8) is 0 Å². The van der Waals surface area contributed by atoms with Gasteiger partial charge in [0, 0.05) is 40.8 Å². The number of carbonyl (C=O) groups is 2. The highest BCUT2D eigenvalue weighted by molar-refractivity contribution is 7.10. The third-order valence-corrected chi connectivity index (χ3v) is 6.76. The molecule has 1 N–H and O–H groups in total. The van der Waals surface area contributed by atoms with Crippen LogP contribution in [0.15, 0.2) is 83.4 Å². The van der Waals surface area contributed by atoms with Crippen molar-refractivity contribution in [2.24, 2.45) is 0 Å². The summed E-state index contributed by atoms with van der Waals surface area (Å²) in [6, 6.07) is 21.4. The van der Waals surface area contributed by atoms with Gasteiger partial charge in [-0.2, -0.15) is 0 Å². The van der Waals surface area contributed by atoms with E-state index in [9.17, 15) is 9.59 Å². The number of ether oxygens (including phenoxy) is 1. The molecule has 2 atom stereocenters. The molecule has 1 aromatic heterocycles. The second kappa shape index (κ2) is 7.92. The van der Waals surface area contributed by atoms with Crippen molar-refractivity contribution in [3.05, 3.63) is 93.8 Å². The molecule has 0 unspecified atom stereocenters. The van der Waals surface area contributed by atoms with Gasteiger partial charge in [-0.3, -0.25) is 9.59 Å². The highest BCUT2D eigenvalue weighted by atomic mass is 32.1. The van der Waals surface area contributed by atoms with E-state index in [1.54, 1.807) is 11.3 Å². The maximum absolute atomic E-state index is 13.2. The fourth-order valence-corrected chi connectivity index (χ4v) is 5.22. The monoisotopic (exact) mass is 415 g/mol. The van der Waals surface area contributed by atoms with Crippen LogP contribution in [-0.4, -0.2) is 11.7 Å². The minimum absolute atomic E-state index is 0.0345. The first-order valence-electron chi connectivity index (χ1n) is 10.1. The first-order valence-corrected chi connectivity index (χ1v) is 11.0. The Bertz CT molecular complexity index is 1120. The maximum Gasteiger partial charge on any atom is 0.225 e. The lowest BCUT2D eigenvalue weighted by Gasteiger charge is -2.34. The van der Waals surface area contributed by atoms with Crippen LogP contribution in [0.2, 0.25) is 0 Å². The molecule has 30 heavy (non-hydrogen) atoms. The minimum atomic E-state index is -0.232. The van der Waals surface area contributed by atoms with E-state index in [4.69, 9.17) is 4.74 Å². The maximum atomic E-state index is 13.2. The molecule has 5 heteroatoms. The topological polar surface area (TPSA) is 55.4 Å². The quantitative estimate of drug-likeness (QED) is 0.608. The van der Waals surface area contributed by atoms with Crippen molar-refractivity contribution in [2.75, 3.05) is 0 Å². The number of Topliss-reactive ketones (excluding diaryl/α,β-unsaturated/α-hetero) is 1. The van der Waals surface area contributed by atoms with Gasteiger partial charge in [-0.1, -0.05) is 36.4 Å². The molecule has 2 heterocycles. The van der Waals surface area contributed by atoms with Crippen molar-refractivity contribution < 1.29 is 14.3 Å². The summed E-state index contributed by atoms with van der Waals surface area (Å²) in [5, 5.41) is 5.02. The number of allylic oxidation sites excluding steroid dienone is 2. The summed E-state index contributed by atoms with van der Waals surface area (Å²) in [6.07, 6.45) is 1.47. The molecule has 2 aromatic carbocycles. The number of ketones is 1. The lowest BCUT2D eigenvalue weighted by atomic mass is 9.74. The van der Waals surface area contributed by atoms with E-state index in [1.165, 1.54) is 4.88 Å². The van der Waals surface area contributed by atoms with E-state index in [0.717, 1.165) is 22.6 Å². The number of rotatable bonds is 4. The van der Waals surface area contributed by atoms with Crippen LogP contribution < -0.4 is 10.1 Å². The molecule has 3 aromatic rings. The number of nitrogens with one attached hydrogen (secondary N) is 1. The SMILES string of the molecule is O=C1C[C@H](c2cccc(Oc3ccccc3)c2)C2=C(C[C@H](c3cccs3)CC2=O)N1. The van der Waals surface area contributed by atoms with Crippen LogP contribution in [0.25, 0.3) is 0 Å². The van der Waals surface area contributed by atoms with E-state index < -0.39 is 0 Å². The summed E-state index contributed by atoms with van der Waals surface area (Å²) < 4.78 is 5.97. The number of carbonyl (C=O) groups excluding carboxylic acids is 2. The van der Waals surface area contributed by atoms with Gasteiger partial charge < -0.3 is 10.1 Å². The van der Waals surface area contributed by atoms with Crippen LogP contribution in [0, 0.1) is 0 Å². The molecule has 0 spiro atoms. The summed E-state index contributed by atoms with van der Waals surface area (Å²) >= 11 is 1.67. The van der Waals surface area contributed by atoms with Gasteiger partial charge in [-0.15, -0.1) is 11.3 Å². The lowest BCUT2D eigenvalue weighted by Crippen LogP contribution is -2.38. The van der Waals surface area contributed by atoms with Crippen LogP contribution in [0.5, 0.6) is 11.5 Å². The molecule has 0 saturated carbocycles. The highest BCUT2D eigenvalue weighted by Crippen LogP contribution is 2.43. The minimum Gasteiger partial charge on any atom is -0.457 e. The zero-order valence-corrected chi connectivity index (χ0v) is 17.2. The molecule has 1 amide bonds. The number of para-hydroxylation sites is 1. The number of hydrogen-bond donors (Lipinski definition) is 1. The molecule has 0 radical (unpaired) electrons. The molecule has 4 nitrogen and oxygen atoms in total. The molecule has 2 aliphatic rings. The predicted molar refractivity (Wildman–Crippen MR) is 117 cm³/mol. The highest BCUT2D eigenvalue weighted by Gasteiger charge is 2.38. The Balaban J connectivity index is 1.47. The fourth-order valence-electron chi connectivity index (χ4n) is 4.39. The molecular formula is C25H21NO3S. The summed E-state index contributed by atoms with van der Waals surface area (Å²) in [7, 11) is 0. The van der Waals surface area contributed by atoms with Crippen molar-refractivity contribution in [1.29, 1.82) is 0 Å². The van der Waals surface area contributed by atoms with Crippen LogP contribution in [0.3, 0.4) is 0 Å². The summed E-state index contributed by atoms with van der Waals surface area (Å²) in [5.74, 6) is 1.46. The van der Waals surface area contributed by atoms with Crippen LogP contribution in [0.4, 0.5) is 0 Å². The fraction of sp³-hybridized carbons (Fsp3) is 0.200. The molecule has 0 saturated heterocycles. The van der Waals surface area contributed by atoms with E-state index in [1.807, 2.05) is 66.0 Å². The summed E-state index contributed by atoms with van der Waals surface area (Å²) in [5.41, 5.74) is 2.49. The van der Waals surface area contributed by atoms with Crippen molar-refractivity contribution >= 4 is 23.0 Å². The van der Waals surface area contributed by atoms with Crippen LogP contribution >= 0.6 is 11.3 Å². The summed E-state index contributed by atoms with van der Waals surface area (Å²) in [4.78, 5) is 26.9. The Morgan fingerprint density at radius 3 is 2.50 bits per heavy atom. The Morgan fingerprint density at radius 2 is 1.70 bits per heavy atom. The van der Waals surface area contributed by atoms with Gasteiger partial charge in [0.15, 0.2) is 5.78 Å². The van der Waals surface area contributed by atoms with Gasteiger partial charge in [0.05, 0.1) is 0 Å². The van der Waals surface area contributed by atoms with Crippen LogP contribution in [0.1, 0.15) is 41.5 Å². The van der Waals surface area contributed by atoms with Crippen LogP contribution in [-0.2, 0) is 9.59 Å². The van der Waals surface area contributed by atoms with Gasteiger partial charge >= 0.3 is 0 Å². The molecular weight excluding hydrogens is 394 g/mol. The zero-order valence-electron chi connectivity index (χ0n) is 16.3. The second-order valence-corrected chi connectivity index (χ2v) is 8.71. The van der Waals surface area contributed by atoms with Gasteiger partial charge in [-0.25, -0.2) is 0 Å². The normalized spacial score (nSPS) is 21.2. The van der Waals surface area contributed by atoms with Gasteiger partial charge in [0.2, 0.25) is 5.91 Å². The molecule has 0 fully saturated rings. The number of benzene rings is 2. The first-order chi connectivity index (χ1) is 14.7. The Kier molecular flexibility index (Phi) is 4.97. The van der Waals surface area contributed by atoms with E-state index in [0.29, 0.717) is 18.6 Å². The molecule has 1 aliphatic heterocycles. The number of amides is 1. The summed E-state index contributed by atoms with van der Waals surface area (Å²) in [6.45, 7) is 0.